The summed E-state index contributed by atoms with van der Waals surface area (Å²) in [6, 6.07) is 8.39. The maximum atomic E-state index is 12.4. The summed E-state index contributed by atoms with van der Waals surface area (Å²) < 4.78 is 6.21. The predicted molar refractivity (Wildman–Crippen MR) is 117 cm³/mol. The summed E-state index contributed by atoms with van der Waals surface area (Å²) in [5, 5.41) is 2.92. The number of amides is 1. The van der Waals surface area contributed by atoms with Gasteiger partial charge in [0.25, 0.3) is 5.56 Å². The minimum absolute atomic E-state index is 0.0419. The third-order valence-corrected chi connectivity index (χ3v) is 7.60. The Morgan fingerprint density at radius 2 is 1.71 bits per heavy atom. The van der Waals surface area contributed by atoms with E-state index in [0.29, 0.717) is 5.41 Å². The van der Waals surface area contributed by atoms with E-state index >= 15 is 0 Å². The predicted octanol–water partition coefficient (Wildman–Crippen LogP) is 3.04. The number of benzene rings is 1. The molecule has 31 heavy (non-hydrogen) atoms. The fourth-order valence-electron chi connectivity index (χ4n) is 6.62. The van der Waals surface area contributed by atoms with Crippen molar-refractivity contribution in [2.45, 2.75) is 56.9 Å². The van der Waals surface area contributed by atoms with Gasteiger partial charge in [-0.15, -0.1) is 0 Å². The number of hydrogen-bond acceptors (Lipinski definition) is 4. The highest BCUT2D eigenvalue weighted by molar-refractivity contribution is 5.90. The van der Waals surface area contributed by atoms with Crippen LogP contribution in [0.1, 0.15) is 50.5 Å². The zero-order valence-corrected chi connectivity index (χ0v) is 17.9. The molecule has 164 valence electrons. The fourth-order valence-corrected chi connectivity index (χ4v) is 6.62. The van der Waals surface area contributed by atoms with Crippen molar-refractivity contribution in [2.24, 2.45) is 17.8 Å². The summed E-state index contributed by atoms with van der Waals surface area (Å²) in [4.78, 5) is 38.0. The van der Waals surface area contributed by atoms with Gasteiger partial charge < -0.3 is 10.1 Å². The van der Waals surface area contributed by atoms with Gasteiger partial charge in [-0.3, -0.25) is 19.1 Å². The zero-order chi connectivity index (χ0) is 21.6. The molecule has 1 heterocycles. The highest BCUT2D eigenvalue weighted by Crippen LogP contribution is 2.60. The highest BCUT2D eigenvalue weighted by atomic mass is 16.5. The summed E-state index contributed by atoms with van der Waals surface area (Å²) in [7, 11) is 1.36. The van der Waals surface area contributed by atoms with Gasteiger partial charge in [0.1, 0.15) is 0 Å². The molecule has 7 nitrogen and oxygen atoms in total. The lowest BCUT2D eigenvalue weighted by Gasteiger charge is -2.57. The standard InChI is InChI=1S/C24H29N3O4/c1-31-20-14-27(23(30)26-22(20)29)7-6-21(28)25-19-4-2-18(3-5-19)24-11-15-8-16(12-24)10-17(9-15)13-24/h2-5,14-17H,6-13H2,1H3,(H,25,28)(H,26,29,30). The van der Waals surface area contributed by atoms with E-state index in [4.69, 9.17) is 4.74 Å². The number of hydrogen-bond donors (Lipinski definition) is 2. The van der Waals surface area contributed by atoms with Crippen LogP contribution in [0.25, 0.3) is 0 Å². The number of rotatable bonds is 6. The van der Waals surface area contributed by atoms with Crippen molar-refractivity contribution in [2.75, 3.05) is 12.4 Å². The lowest BCUT2D eigenvalue weighted by molar-refractivity contribution is -0.116. The van der Waals surface area contributed by atoms with E-state index in [0.717, 1.165) is 23.4 Å². The zero-order valence-electron chi connectivity index (χ0n) is 17.9. The Labute approximate surface area is 180 Å². The summed E-state index contributed by atoms with van der Waals surface area (Å²) >= 11 is 0. The molecule has 0 aliphatic heterocycles. The first kappa shape index (κ1) is 20.1. The van der Waals surface area contributed by atoms with Crippen molar-refractivity contribution in [1.82, 2.24) is 9.55 Å². The molecule has 6 rings (SSSR count). The summed E-state index contributed by atoms with van der Waals surface area (Å²) in [5.74, 6) is 2.57. The van der Waals surface area contributed by atoms with Crippen LogP contribution in [0, 0.1) is 17.8 Å². The number of carbonyl (C=O) groups excluding carboxylic acids is 1. The molecular weight excluding hydrogens is 394 g/mol. The van der Waals surface area contributed by atoms with Crippen LogP contribution in [-0.2, 0) is 16.8 Å². The highest BCUT2D eigenvalue weighted by Gasteiger charge is 2.51. The van der Waals surface area contributed by atoms with Crippen LogP contribution in [0.5, 0.6) is 5.75 Å². The maximum absolute atomic E-state index is 12.4. The molecule has 4 aliphatic rings. The van der Waals surface area contributed by atoms with Crippen LogP contribution in [-0.4, -0.2) is 22.6 Å². The van der Waals surface area contributed by atoms with Gasteiger partial charge in [0.05, 0.1) is 13.3 Å². The Bertz CT molecular complexity index is 1060. The van der Waals surface area contributed by atoms with Crippen LogP contribution in [0.3, 0.4) is 0 Å². The molecule has 0 spiro atoms. The molecule has 4 saturated carbocycles. The van der Waals surface area contributed by atoms with Crippen molar-refractivity contribution < 1.29 is 9.53 Å². The largest absolute Gasteiger partial charge is 0.490 e. The van der Waals surface area contributed by atoms with Crippen molar-refractivity contribution in [3.63, 3.8) is 0 Å². The molecular formula is C24H29N3O4. The number of carbonyl (C=O) groups is 1. The smallest absolute Gasteiger partial charge is 0.328 e. The number of aromatic amines is 1. The van der Waals surface area contributed by atoms with Gasteiger partial charge in [0, 0.05) is 18.7 Å². The molecule has 2 aromatic rings. The molecule has 0 atom stereocenters. The Balaban J connectivity index is 1.22. The molecule has 1 aromatic heterocycles. The summed E-state index contributed by atoms with van der Waals surface area (Å²) in [6.45, 7) is 0.156. The molecule has 1 amide bonds. The van der Waals surface area contributed by atoms with Gasteiger partial charge in [0.2, 0.25) is 11.7 Å². The topological polar surface area (TPSA) is 93.2 Å². The Morgan fingerprint density at radius 1 is 1.10 bits per heavy atom. The number of anilines is 1. The second-order valence-electron chi connectivity index (χ2n) is 9.72. The van der Waals surface area contributed by atoms with E-state index in [9.17, 15) is 14.4 Å². The van der Waals surface area contributed by atoms with Crippen LogP contribution in [0.15, 0.2) is 40.1 Å². The average molecular weight is 424 g/mol. The Kier molecular flexibility index (Phi) is 4.99. The molecule has 4 bridgehead atoms. The first-order valence-corrected chi connectivity index (χ1v) is 11.2. The fraction of sp³-hybridized carbons (Fsp3) is 0.542. The van der Waals surface area contributed by atoms with Gasteiger partial charge >= 0.3 is 5.69 Å². The SMILES string of the molecule is COc1cn(CCC(=O)Nc2ccc(C34CC5CC(CC(C5)C3)C4)cc2)c(=O)[nH]c1=O. The number of nitrogens with one attached hydrogen (secondary N) is 2. The molecule has 0 unspecified atom stereocenters. The van der Waals surface area contributed by atoms with Crippen molar-refractivity contribution in [1.29, 1.82) is 0 Å². The van der Waals surface area contributed by atoms with E-state index in [1.807, 2.05) is 12.1 Å². The van der Waals surface area contributed by atoms with Gasteiger partial charge in [0.15, 0.2) is 0 Å². The first-order valence-electron chi connectivity index (χ1n) is 11.2. The van der Waals surface area contributed by atoms with Crippen molar-refractivity contribution in [3.05, 3.63) is 56.9 Å². The molecule has 0 radical (unpaired) electrons. The lowest BCUT2D eigenvalue weighted by atomic mass is 9.48. The van der Waals surface area contributed by atoms with E-state index < -0.39 is 11.2 Å². The van der Waals surface area contributed by atoms with E-state index in [1.165, 1.54) is 62.0 Å². The van der Waals surface area contributed by atoms with E-state index in [-0.39, 0.29) is 24.6 Å². The third-order valence-electron chi connectivity index (χ3n) is 7.60. The average Bonchev–Trinajstić information content (AvgIpc) is 2.72. The second-order valence-corrected chi connectivity index (χ2v) is 9.72. The number of ether oxygens (including phenoxy) is 1. The molecule has 4 fully saturated rings. The Morgan fingerprint density at radius 3 is 2.29 bits per heavy atom. The summed E-state index contributed by atoms with van der Waals surface area (Å²) in [6.07, 6.45) is 9.69. The van der Waals surface area contributed by atoms with Crippen molar-refractivity contribution >= 4 is 11.6 Å². The normalized spacial score (nSPS) is 28.5. The third kappa shape index (κ3) is 3.82. The molecule has 0 saturated heterocycles. The number of aryl methyl sites for hydroxylation is 1. The minimum atomic E-state index is -0.577. The Hall–Kier alpha value is -2.83. The monoisotopic (exact) mass is 423 g/mol. The van der Waals surface area contributed by atoms with Gasteiger partial charge in [-0.2, -0.15) is 0 Å². The quantitative estimate of drug-likeness (QED) is 0.747. The van der Waals surface area contributed by atoms with Gasteiger partial charge in [-0.1, -0.05) is 12.1 Å². The van der Waals surface area contributed by atoms with E-state index in [1.54, 1.807) is 0 Å². The molecule has 2 N–H and O–H groups in total. The molecule has 4 aliphatic carbocycles. The number of nitrogens with zero attached hydrogens (tertiary/aromatic N) is 1. The lowest BCUT2D eigenvalue weighted by Crippen LogP contribution is -2.48. The van der Waals surface area contributed by atoms with E-state index in [2.05, 4.69) is 22.4 Å². The number of aromatic nitrogens is 2. The minimum Gasteiger partial charge on any atom is -0.490 e. The van der Waals surface area contributed by atoms with Crippen molar-refractivity contribution in [3.8, 4) is 5.75 Å². The molecule has 1 aromatic carbocycles. The second kappa shape index (κ2) is 7.70. The number of methoxy groups -OCH3 is 1. The summed E-state index contributed by atoms with van der Waals surface area (Å²) in [5.41, 5.74) is 1.41. The van der Waals surface area contributed by atoms with Crippen LogP contribution in [0.4, 0.5) is 5.69 Å². The number of H-pyrrole nitrogens is 1. The van der Waals surface area contributed by atoms with Gasteiger partial charge in [-0.05, 0) is 79.4 Å². The first-order chi connectivity index (χ1) is 14.9. The maximum Gasteiger partial charge on any atom is 0.328 e. The van der Waals surface area contributed by atoms with Crippen LogP contribution < -0.4 is 21.3 Å². The van der Waals surface area contributed by atoms with Gasteiger partial charge in [-0.25, -0.2) is 4.79 Å². The van der Waals surface area contributed by atoms with Crippen LogP contribution in [0.2, 0.25) is 0 Å². The molecule has 7 heteroatoms. The van der Waals surface area contributed by atoms with Crippen LogP contribution >= 0.6 is 0 Å².